The fourth-order valence-corrected chi connectivity index (χ4v) is 3.23. The van der Waals surface area contributed by atoms with Gasteiger partial charge in [-0.05, 0) is 37.1 Å². The average molecular weight is 340 g/mol. The maximum Gasteiger partial charge on any atom is 0.323 e. The minimum Gasteiger partial charge on any atom is -0.370 e. The number of carbonyl (C=O) groups excluding carboxylic acids is 1. The topological polar surface area (TPSA) is 81.0 Å². The Morgan fingerprint density at radius 3 is 2.48 bits per heavy atom. The van der Waals surface area contributed by atoms with Crippen molar-refractivity contribution >= 4 is 28.3 Å². The van der Waals surface area contributed by atoms with Gasteiger partial charge in [0.2, 0.25) is 0 Å². The molecule has 2 heterocycles. The van der Waals surface area contributed by atoms with E-state index in [1.54, 1.807) is 18.2 Å². The predicted molar refractivity (Wildman–Crippen MR) is 94.7 cm³/mol. The number of aromatic amines is 2. The van der Waals surface area contributed by atoms with Crippen LogP contribution in [0.1, 0.15) is 23.2 Å². The molecule has 3 aromatic rings. The number of hydrogen-bond acceptors (Lipinski definition) is 3. The van der Waals surface area contributed by atoms with Gasteiger partial charge in [-0.15, -0.1) is 0 Å². The zero-order valence-electron chi connectivity index (χ0n) is 13.4. The van der Waals surface area contributed by atoms with Gasteiger partial charge in [0.05, 0.1) is 28.0 Å². The Morgan fingerprint density at radius 1 is 1.08 bits per heavy atom. The summed E-state index contributed by atoms with van der Waals surface area (Å²) in [5.41, 5.74) is 2.33. The molecule has 3 N–H and O–H groups in total. The molecule has 1 aliphatic heterocycles. The Balaban J connectivity index is 1.76. The number of rotatable bonds is 3. The molecular formula is C18H17FN4O2. The Bertz CT molecular complexity index is 1000. The second-order valence-corrected chi connectivity index (χ2v) is 6.12. The summed E-state index contributed by atoms with van der Waals surface area (Å²) in [5, 5.41) is 2.79. The smallest absolute Gasteiger partial charge is 0.323 e. The molecule has 6 nitrogen and oxygen atoms in total. The van der Waals surface area contributed by atoms with Crippen molar-refractivity contribution in [1.29, 1.82) is 0 Å². The van der Waals surface area contributed by atoms with Crippen LogP contribution in [0.2, 0.25) is 0 Å². The van der Waals surface area contributed by atoms with E-state index in [0.717, 1.165) is 31.6 Å². The zero-order chi connectivity index (χ0) is 17.4. The van der Waals surface area contributed by atoms with Gasteiger partial charge < -0.3 is 20.2 Å². The number of fused-ring (bicyclic) bond motifs is 1. The number of amides is 1. The Kier molecular flexibility index (Phi) is 3.76. The first-order valence-corrected chi connectivity index (χ1v) is 8.19. The lowest BCUT2D eigenvalue weighted by Gasteiger charge is -2.22. The van der Waals surface area contributed by atoms with Crippen LogP contribution in [0.5, 0.6) is 0 Å². The molecule has 0 saturated carbocycles. The van der Waals surface area contributed by atoms with Gasteiger partial charge in [0, 0.05) is 13.1 Å². The van der Waals surface area contributed by atoms with Crippen LogP contribution in [0.4, 0.5) is 15.8 Å². The third-order valence-electron chi connectivity index (χ3n) is 4.45. The monoisotopic (exact) mass is 340 g/mol. The van der Waals surface area contributed by atoms with E-state index < -0.39 is 11.7 Å². The molecular weight excluding hydrogens is 323 g/mol. The fourth-order valence-electron chi connectivity index (χ4n) is 3.23. The van der Waals surface area contributed by atoms with Crippen LogP contribution in [0.3, 0.4) is 0 Å². The molecule has 0 atom stereocenters. The van der Waals surface area contributed by atoms with Crippen LogP contribution in [0, 0.1) is 5.82 Å². The van der Waals surface area contributed by atoms with Crippen LogP contribution >= 0.6 is 0 Å². The highest BCUT2D eigenvalue weighted by molar-refractivity contribution is 6.07. The normalized spacial score (nSPS) is 14.2. The molecule has 2 aromatic carbocycles. The third kappa shape index (κ3) is 2.88. The van der Waals surface area contributed by atoms with Gasteiger partial charge in [-0.2, -0.15) is 0 Å². The van der Waals surface area contributed by atoms with Gasteiger partial charge in [0.25, 0.3) is 5.91 Å². The van der Waals surface area contributed by atoms with E-state index in [0.29, 0.717) is 16.7 Å². The molecule has 1 aliphatic rings. The predicted octanol–water partition coefficient (Wildman–Crippen LogP) is 2.85. The van der Waals surface area contributed by atoms with Gasteiger partial charge in [0.1, 0.15) is 5.82 Å². The van der Waals surface area contributed by atoms with Gasteiger partial charge in [-0.25, -0.2) is 9.18 Å². The molecule has 4 rings (SSSR count). The largest absolute Gasteiger partial charge is 0.370 e. The Morgan fingerprint density at radius 2 is 1.76 bits per heavy atom. The minimum atomic E-state index is -0.571. The first kappa shape index (κ1) is 15.4. The van der Waals surface area contributed by atoms with Crippen LogP contribution < -0.4 is 15.9 Å². The number of benzene rings is 2. The first-order chi connectivity index (χ1) is 12.1. The maximum absolute atomic E-state index is 13.9. The van der Waals surface area contributed by atoms with E-state index in [1.807, 2.05) is 6.07 Å². The van der Waals surface area contributed by atoms with Crippen LogP contribution in [0.25, 0.3) is 11.0 Å². The summed E-state index contributed by atoms with van der Waals surface area (Å²) in [6.07, 6.45) is 2.14. The minimum absolute atomic E-state index is 0.0162. The summed E-state index contributed by atoms with van der Waals surface area (Å²) >= 11 is 0. The number of imidazole rings is 1. The second-order valence-electron chi connectivity index (χ2n) is 6.12. The number of aromatic nitrogens is 2. The molecule has 7 heteroatoms. The van der Waals surface area contributed by atoms with Crippen molar-refractivity contribution in [2.75, 3.05) is 23.3 Å². The van der Waals surface area contributed by atoms with Gasteiger partial charge in [-0.3, -0.25) is 4.79 Å². The molecule has 0 spiro atoms. The summed E-state index contributed by atoms with van der Waals surface area (Å²) in [5.74, 6) is -1.09. The highest BCUT2D eigenvalue weighted by atomic mass is 19.1. The second kappa shape index (κ2) is 6.08. The fraction of sp³-hybridized carbons (Fsp3) is 0.222. The molecule has 1 amide bonds. The lowest BCUT2D eigenvalue weighted by Crippen LogP contribution is -2.21. The van der Waals surface area contributed by atoms with Gasteiger partial charge in [-0.1, -0.05) is 12.1 Å². The maximum atomic E-state index is 13.9. The van der Waals surface area contributed by atoms with Crippen molar-refractivity contribution in [3.8, 4) is 0 Å². The Hall–Kier alpha value is -3.09. The summed E-state index contributed by atoms with van der Waals surface area (Å²) in [6, 6.07) is 9.40. The van der Waals surface area contributed by atoms with E-state index in [1.165, 1.54) is 12.1 Å². The number of hydrogen-bond donors (Lipinski definition) is 3. The lowest BCUT2D eigenvalue weighted by molar-refractivity contribution is 0.102. The zero-order valence-corrected chi connectivity index (χ0v) is 13.4. The number of H-pyrrole nitrogens is 2. The number of halogens is 1. The average Bonchev–Trinajstić information content (AvgIpc) is 3.22. The lowest BCUT2D eigenvalue weighted by atomic mass is 10.1. The quantitative estimate of drug-likeness (QED) is 0.686. The van der Waals surface area contributed by atoms with E-state index in [2.05, 4.69) is 20.2 Å². The third-order valence-corrected chi connectivity index (χ3v) is 4.45. The standard InChI is InChI=1S/C18H17FN4O2/c19-12-6-2-1-5-11(12)17(24)20-15-9-13-14(22-18(25)21-13)10-16(15)23-7-3-4-8-23/h1-2,5-6,9-10H,3-4,7-8H2,(H,20,24)(H2,21,22,25). The van der Waals surface area contributed by atoms with Crippen molar-refractivity contribution in [1.82, 2.24) is 9.97 Å². The summed E-state index contributed by atoms with van der Waals surface area (Å²) < 4.78 is 13.9. The highest BCUT2D eigenvalue weighted by Crippen LogP contribution is 2.32. The first-order valence-electron chi connectivity index (χ1n) is 8.19. The molecule has 128 valence electrons. The highest BCUT2D eigenvalue weighted by Gasteiger charge is 2.20. The van der Waals surface area contributed by atoms with Crippen molar-refractivity contribution in [2.45, 2.75) is 12.8 Å². The van der Waals surface area contributed by atoms with E-state index in [-0.39, 0.29) is 11.3 Å². The molecule has 1 fully saturated rings. The molecule has 1 saturated heterocycles. The number of carbonyl (C=O) groups is 1. The number of anilines is 2. The van der Waals surface area contributed by atoms with Gasteiger partial charge >= 0.3 is 5.69 Å². The molecule has 0 aliphatic carbocycles. The van der Waals surface area contributed by atoms with Crippen LogP contribution in [-0.2, 0) is 0 Å². The molecule has 0 bridgehead atoms. The summed E-state index contributed by atoms with van der Waals surface area (Å²) in [6.45, 7) is 1.76. The number of nitrogens with zero attached hydrogens (tertiary/aromatic N) is 1. The van der Waals surface area contributed by atoms with Crippen molar-refractivity contribution in [3.63, 3.8) is 0 Å². The SMILES string of the molecule is O=C(Nc1cc2[nH]c(=O)[nH]c2cc1N1CCCC1)c1ccccc1F. The van der Waals surface area contributed by atoms with Crippen molar-refractivity contribution in [2.24, 2.45) is 0 Å². The Labute approximate surface area is 142 Å². The molecule has 0 unspecified atom stereocenters. The molecule has 0 radical (unpaired) electrons. The van der Waals surface area contributed by atoms with E-state index in [4.69, 9.17) is 0 Å². The van der Waals surface area contributed by atoms with E-state index in [9.17, 15) is 14.0 Å². The summed E-state index contributed by atoms with van der Waals surface area (Å²) in [4.78, 5) is 31.6. The van der Waals surface area contributed by atoms with E-state index >= 15 is 0 Å². The van der Waals surface area contributed by atoms with Crippen molar-refractivity contribution in [3.05, 3.63) is 58.3 Å². The molecule has 1 aromatic heterocycles. The van der Waals surface area contributed by atoms with Crippen LogP contribution in [0.15, 0.2) is 41.2 Å². The van der Waals surface area contributed by atoms with Crippen LogP contribution in [-0.4, -0.2) is 29.0 Å². The number of nitrogens with one attached hydrogen (secondary N) is 3. The van der Waals surface area contributed by atoms with Gasteiger partial charge in [0.15, 0.2) is 0 Å². The van der Waals surface area contributed by atoms with Crippen molar-refractivity contribution < 1.29 is 9.18 Å². The molecule has 25 heavy (non-hydrogen) atoms. The summed E-state index contributed by atoms with van der Waals surface area (Å²) in [7, 11) is 0.